The molecule has 5 rings (SSSR count). The number of ether oxygens (including phenoxy) is 1. The molecular formula is C27H22ClN5O3S. The number of thiazole rings is 1. The van der Waals surface area contributed by atoms with Crippen molar-refractivity contribution in [2.75, 3.05) is 12.1 Å². The van der Waals surface area contributed by atoms with Gasteiger partial charge in [0.2, 0.25) is 5.13 Å². The van der Waals surface area contributed by atoms with E-state index in [1.165, 1.54) is 24.7 Å². The van der Waals surface area contributed by atoms with Crippen LogP contribution in [0.3, 0.4) is 0 Å². The molecule has 1 aliphatic rings. The van der Waals surface area contributed by atoms with E-state index in [9.17, 15) is 9.90 Å². The lowest BCUT2D eigenvalue weighted by Crippen LogP contribution is -2.20. The molecule has 1 unspecified atom stereocenters. The molecule has 10 heteroatoms. The SMILES string of the molecule is COc1cccc(/C=N/NC(=O)c2csc(N3N=C(c4ccccc4)CC3c3ccc(Cl)cc3)n2)c1O. The standard InChI is InChI=1S/C27H22ClN5O3S/c1-36-24-9-5-8-19(25(24)34)15-29-31-26(35)22-16-37-27(30-22)33-23(18-10-12-20(28)13-11-18)14-21(32-33)17-6-3-2-4-7-17/h2-13,15-16,23,34H,14H2,1H3,(H,31,35)/b29-15+. The Morgan fingerprint density at radius 3 is 2.70 bits per heavy atom. The summed E-state index contributed by atoms with van der Waals surface area (Å²) in [7, 11) is 1.46. The number of para-hydroxylation sites is 1. The summed E-state index contributed by atoms with van der Waals surface area (Å²) in [5.41, 5.74) is 6.09. The van der Waals surface area contributed by atoms with E-state index in [2.05, 4.69) is 15.5 Å². The highest BCUT2D eigenvalue weighted by molar-refractivity contribution is 7.14. The molecule has 3 aromatic carbocycles. The lowest BCUT2D eigenvalue weighted by molar-refractivity contribution is 0.0951. The van der Waals surface area contributed by atoms with Gasteiger partial charge < -0.3 is 9.84 Å². The minimum Gasteiger partial charge on any atom is -0.504 e. The summed E-state index contributed by atoms with van der Waals surface area (Å²) >= 11 is 7.43. The Balaban J connectivity index is 1.36. The maximum atomic E-state index is 12.7. The van der Waals surface area contributed by atoms with Crippen molar-refractivity contribution in [3.63, 3.8) is 0 Å². The number of aromatic nitrogens is 1. The second kappa shape index (κ2) is 10.8. The third-order valence-electron chi connectivity index (χ3n) is 5.81. The Morgan fingerprint density at radius 2 is 1.95 bits per heavy atom. The van der Waals surface area contributed by atoms with Gasteiger partial charge in [-0.2, -0.15) is 10.2 Å². The van der Waals surface area contributed by atoms with Gasteiger partial charge in [-0.15, -0.1) is 11.3 Å². The van der Waals surface area contributed by atoms with Gasteiger partial charge in [-0.3, -0.25) is 4.79 Å². The van der Waals surface area contributed by atoms with E-state index in [1.54, 1.807) is 23.6 Å². The van der Waals surface area contributed by atoms with Gasteiger partial charge in [0.1, 0.15) is 5.69 Å². The quantitative estimate of drug-likeness (QED) is 0.238. The molecule has 0 saturated heterocycles. The molecule has 0 saturated carbocycles. The highest BCUT2D eigenvalue weighted by Gasteiger charge is 2.32. The molecule has 0 fully saturated rings. The van der Waals surface area contributed by atoms with Crippen LogP contribution in [-0.4, -0.2) is 35.0 Å². The monoisotopic (exact) mass is 531 g/mol. The Morgan fingerprint density at radius 1 is 1.16 bits per heavy atom. The number of carbonyl (C=O) groups is 1. The summed E-state index contributed by atoms with van der Waals surface area (Å²) in [6, 6.07) is 22.6. The third kappa shape index (κ3) is 5.32. The van der Waals surface area contributed by atoms with E-state index in [0.29, 0.717) is 27.9 Å². The molecule has 0 radical (unpaired) electrons. The Kier molecular flexibility index (Phi) is 7.16. The van der Waals surface area contributed by atoms with Crippen LogP contribution in [0.15, 0.2) is 88.4 Å². The van der Waals surface area contributed by atoms with E-state index in [1.807, 2.05) is 59.6 Å². The third-order valence-corrected chi connectivity index (χ3v) is 6.89. The number of carbonyl (C=O) groups excluding carboxylic acids is 1. The average molecular weight is 532 g/mol. The summed E-state index contributed by atoms with van der Waals surface area (Å²) in [6.45, 7) is 0. The number of halogens is 1. The summed E-state index contributed by atoms with van der Waals surface area (Å²) in [5.74, 6) is -0.223. The van der Waals surface area contributed by atoms with Gasteiger partial charge in [0.15, 0.2) is 11.5 Å². The predicted octanol–water partition coefficient (Wildman–Crippen LogP) is 5.63. The number of nitrogens with one attached hydrogen (secondary N) is 1. The second-order valence-corrected chi connectivity index (χ2v) is 9.41. The highest BCUT2D eigenvalue weighted by Crippen LogP contribution is 2.38. The van der Waals surface area contributed by atoms with E-state index < -0.39 is 5.91 Å². The summed E-state index contributed by atoms with van der Waals surface area (Å²) in [6.07, 6.45) is 2.03. The number of rotatable bonds is 7. The molecule has 0 bridgehead atoms. The number of aromatic hydroxyl groups is 1. The molecule has 1 atom stereocenters. The van der Waals surface area contributed by atoms with Crippen molar-refractivity contribution in [3.8, 4) is 11.5 Å². The lowest BCUT2D eigenvalue weighted by Gasteiger charge is -2.21. The molecular weight excluding hydrogens is 510 g/mol. The first kappa shape index (κ1) is 24.5. The minimum atomic E-state index is -0.476. The summed E-state index contributed by atoms with van der Waals surface area (Å²) in [5, 5.41) is 23.8. The van der Waals surface area contributed by atoms with Gasteiger partial charge in [-0.25, -0.2) is 15.4 Å². The Bertz CT molecular complexity index is 1470. The van der Waals surface area contributed by atoms with Crippen molar-refractivity contribution < 1.29 is 14.6 Å². The van der Waals surface area contributed by atoms with Gasteiger partial charge in [0.25, 0.3) is 5.91 Å². The number of methoxy groups -OCH3 is 1. The van der Waals surface area contributed by atoms with E-state index in [0.717, 1.165) is 16.8 Å². The first-order valence-electron chi connectivity index (χ1n) is 11.4. The summed E-state index contributed by atoms with van der Waals surface area (Å²) in [4.78, 5) is 17.2. The summed E-state index contributed by atoms with van der Waals surface area (Å²) < 4.78 is 5.09. The van der Waals surface area contributed by atoms with Crippen LogP contribution < -0.4 is 15.2 Å². The molecule has 8 nitrogen and oxygen atoms in total. The van der Waals surface area contributed by atoms with Crippen molar-refractivity contribution in [1.82, 2.24) is 10.4 Å². The number of phenolic OH excluding ortho intramolecular Hbond substituents is 1. The largest absolute Gasteiger partial charge is 0.504 e. The Hall–Kier alpha value is -4.21. The average Bonchev–Trinajstić information content (AvgIpc) is 3.59. The number of nitrogens with zero attached hydrogens (tertiary/aromatic N) is 4. The molecule has 1 amide bonds. The van der Waals surface area contributed by atoms with Gasteiger partial charge in [-0.05, 0) is 35.4 Å². The smallest absolute Gasteiger partial charge is 0.290 e. The number of anilines is 1. The maximum Gasteiger partial charge on any atom is 0.290 e. The van der Waals surface area contributed by atoms with Crippen molar-refractivity contribution in [3.05, 3.63) is 106 Å². The molecule has 2 heterocycles. The van der Waals surface area contributed by atoms with Crippen LogP contribution in [0.1, 0.15) is 39.6 Å². The fraction of sp³-hybridized carbons (Fsp3) is 0.111. The van der Waals surface area contributed by atoms with E-state index >= 15 is 0 Å². The van der Waals surface area contributed by atoms with Crippen molar-refractivity contribution in [1.29, 1.82) is 0 Å². The molecule has 0 spiro atoms. The number of benzene rings is 3. The number of hydrogen-bond donors (Lipinski definition) is 2. The topological polar surface area (TPSA) is 99.4 Å². The molecule has 0 aliphatic carbocycles. The van der Waals surface area contributed by atoms with Crippen LogP contribution in [0.4, 0.5) is 5.13 Å². The van der Waals surface area contributed by atoms with Crippen molar-refractivity contribution in [2.24, 2.45) is 10.2 Å². The van der Waals surface area contributed by atoms with Crippen LogP contribution in [-0.2, 0) is 0 Å². The van der Waals surface area contributed by atoms with E-state index in [4.69, 9.17) is 21.4 Å². The van der Waals surface area contributed by atoms with Gasteiger partial charge in [0.05, 0.1) is 25.1 Å². The van der Waals surface area contributed by atoms with Crippen LogP contribution in [0.5, 0.6) is 11.5 Å². The van der Waals surface area contributed by atoms with E-state index in [-0.39, 0.29) is 17.5 Å². The number of hydrazone groups is 2. The van der Waals surface area contributed by atoms with Gasteiger partial charge in [0, 0.05) is 22.4 Å². The fourth-order valence-electron chi connectivity index (χ4n) is 3.94. The molecule has 1 aliphatic heterocycles. The number of amides is 1. The predicted molar refractivity (Wildman–Crippen MR) is 146 cm³/mol. The highest BCUT2D eigenvalue weighted by atomic mass is 35.5. The zero-order chi connectivity index (χ0) is 25.8. The van der Waals surface area contributed by atoms with Gasteiger partial charge >= 0.3 is 0 Å². The molecule has 37 heavy (non-hydrogen) atoms. The van der Waals surface area contributed by atoms with Crippen LogP contribution in [0.25, 0.3) is 0 Å². The lowest BCUT2D eigenvalue weighted by atomic mass is 9.99. The number of hydrogen-bond acceptors (Lipinski definition) is 8. The minimum absolute atomic E-state index is 0.0618. The molecule has 1 aromatic heterocycles. The van der Waals surface area contributed by atoms with Crippen LogP contribution in [0, 0.1) is 0 Å². The van der Waals surface area contributed by atoms with Crippen molar-refractivity contribution >= 4 is 45.9 Å². The zero-order valence-corrected chi connectivity index (χ0v) is 21.3. The van der Waals surface area contributed by atoms with Crippen LogP contribution in [0.2, 0.25) is 5.02 Å². The van der Waals surface area contributed by atoms with Gasteiger partial charge in [-0.1, -0.05) is 60.1 Å². The molecule has 4 aromatic rings. The first-order valence-corrected chi connectivity index (χ1v) is 12.6. The molecule has 2 N–H and O–H groups in total. The first-order chi connectivity index (χ1) is 18.0. The molecule has 186 valence electrons. The second-order valence-electron chi connectivity index (χ2n) is 8.14. The zero-order valence-electron chi connectivity index (χ0n) is 19.7. The number of phenols is 1. The Labute approximate surface area is 222 Å². The normalized spacial score (nSPS) is 15.1. The maximum absolute atomic E-state index is 12.7. The van der Waals surface area contributed by atoms with Crippen LogP contribution >= 0.6 is 22.9 Å². The fourth-order valence-corrected chi connectivity index (χ4v) is 4.87. The van der Waals surface area contributed by atoms with Crippen molar-refractivity contribution in [2.45, 2.75) is 12.5 Å².